The first-order valence-corrected chi connectivity index (χ1v) is 23.4. The van der Waals surface area contributed by atoms with Crippen LogP contribution in [-0.4, -0.2) is 150 Å². The smallest absolute Gasteiger partial charge is 0.329 e. The molecule has 4 amide bonds. The Morgan fingerprint density at radius 3 is 2.12 bits per heavy atom. The van der Waals surface area contributed by atoms with E-state index in [4.69, 9.17) is 19.3 Å². The number of hydrogen-bond donors (Lipinski definition) is 4. The van der Waals surface area contributed by atoms with Gasteiger partial charge < -0.3 is 34.5 Å². The molecule has 1 aliphatic rings. The van der Waals surface area contributed by atoms with Crippen LogP contribution >= 0.6 is 0 Å². The number of aromatic amines is 1. The highest BCUT2D eigenvalue weighted by Crippen LogP contribution is 2.31. The van der Waals surface area contributed by atoms with Crippen LogP contribution in [0.25, 0.3) is 10.9 Å². The molecule has 9 atom stereocenters. The lowest BCUT2D eigenvalue weighted by atomic mass is 9.87. The first kappa shape index (κ1) is 55.0. The number of likely N-dealkylation sites (N-methyl/N-ethyl adjacent to an activating group) is 2. The number of hydrogen-bond acceptors (Lipinski definition) is 11. The van der Waals surface area contributed by atoms with Crippen LogP contribution in [0.1, 0.15) is 113 Å². The maximum absolute atomic E-state index is 14.5. The number of ether oxygens (including phenoxy) is 3. The van der Waals surface area contributed by atoms with Crippen molar-refractivity contribution >= 4 is 46.5 Å². The van der Waals surface area contributed by atoms with E-state index in [1.165, 1.54) is 7.11 Å². The maximum atomic E-state index is 14.5. The number of aliphatic carboxylic acids is 1. The number of H-pyrrole nitrogens is 1. The standard InChI is InChI=1S/C49H80N6O10/c1-15-31(6)43(54(12)42(30(4)5)47(61)52-46(60)41(29(2)3)53(11)24-19-23-40(57)58)38(63-13)27-39(56)55-25-18-22-37(55)44(64-14)32(7)45(59)51-36(48(62)65-49(8,9)10)26-33-28-50-35-21-17-16-20-34(33)35/h16-17,20-21,28-32,36-38,41-44,50H,15,18-19,22-27H2,1-14H3,(H,51,59)(H,57,58)(H,52,60,61)/t31-,32+,36-,37-,38+,41-,42-,43-,44+/m0/s1. The van der Waals surface area contributed by atoms with E-state index in [9.17, 15) is 28.8 Å². The number of likely N-dealkylation sites (tertiary alicyclic amines) is 1. The third-order valence-corrected chi connectivity index (χ3v) is 12.9. The molecule has 0 radical (unpaired) electrons. The minimum absolute atomic E-state index is 0.00335. The fourth-order valence-corrected chi connectivity index (χ4v) is 9.62. The molecule has 1 aromatic carbocycles. The second-order valence-electron chi connectivity index (χ2n) is 19.7. The van der Waals surface area contributed by atoms with Crippen molar-refractivity contribution in [1.82, 2.24) is 30.3 Å². The second-order valence-corrected chi connectivity index (χ2v) is 19.7. The minimum Gasteiger partial charge on any atom is -0.481 e. The van der Waals surface area contributed by atoms with E-state index in [2.05, 4.69) is 22.5 Å². The molecule has 366 valence electrons. The van der Waals surface area contributed by atoms with E-state index in [1.807, 2.05) is 77.0 Å². The van der Waals surface area contributed by atoms with Crippen LogP contribution < -0.4 is 10.6 Å². The van der Waals surface area contributed by atoms with Gasteiger partial charge in [0.15, 0.2) is 0 Å². The number of carboxylic acid groups (broad SMARTS) is 1. The van der Waals surface area contributed by atoms with Crippen molar-refractivity contribution in [3.63, 3.8) is 0 Å². The average Bonchev–Trinajstić information content (AvgIpc) is 3.87. The maximum Gasteiger partial charge on any atom is 0.329 e. The van der Waals surface area contributed by atoms with Crippen LogP contribution in [-0.2, 0) is 49.4 Å². The van der Waals surface area contributed by atoms with E-state index < -0.39 is 83.6 Å². The Morgan fingerprint density at radius 2 is 1.55 bits per heavy atom. The summed E-state index contributed by atoms with van der Waals surface area (Å²) < 4.78 is 17.9. The van der Waals surface area contributed by atoms with Gasteiger partial charge in [-0.1, -0.05) is 73.1 Å². The van der Waals surface area contributed by atoms with Crippen LogP contribution in [0.5, 0.6) is 0 Å². The molecule has 0 unspecified atom stereocenters. The molecule has 16 nitrogen and oxygen atoms in total. The first-order chi connectivity index (χ1) is 30.5. The average molecular weight is 913 g/mol. The summed E-state index contributed by atoms with van der Waals surface area (Å²) in [7, 11) is 6.68. The van der Waals surface area contributed by atoms with Gasteiger partial charge >= 0.3 is 11.9 Å². The van der Waals surface area contributed by atoms with Crippen molar-refractivity contribution in [3.8, 4) is 0 Å². The van der Waals surface area contributed by atoms with Gasteiger partial charge in [-0.25, -0.2) is 4.79 Å². The van der Waals surface area contributed by atoms with Crippen LogP contribution in [0.3, 0.4) is 0 Å². The third kappa shape index (κ3) is 15.1. The lowest BCUT2D eigenvalue weighted by Crippen LogP contribution is -2.60. The van der Waals surface area contributed by atoms with E-state index in [-0.39, 0.29) is 42.9 Å². The van der Waals surface area contributed by atoms with E-state index in [1.54, 1.807) is 51.7 Å². The molecule has 2 heterocycles. The number of nitrogens with zero attached hydrogens (tertiary/aromatic N) is 3. The number of imide groups is 1. The Balaban J connectivity index is 1.82. The number of nitrogens with one attached hydrogen (secondary N) is 3. The monoisotopic (exact) mass is 913 g/mol. The SMILES string of the molecule is CC[C@H](C)[C@@H]([C@@H](CC(=O)N1CCC[C@H]1[C@H](OC)[C@@H](C)C(=O)N[C@@H](Cc1c[nH]c2ccccc12)C(=O)OC(C)(C)C)OC)N(C)[C@H](C(=O)NC(=O)[C@H](C(C)C)N(C)CCCC(=O)O)C(C)C. The number of rotatable bonds is 25. The summed E-state index contributed by atoms with van der Waals surface area (Å²) >= 11 is 0. The molecule has 1 aliphatic heterocycles. The predicted molar refractivity (Wildman–Crippen MR) is 251 cm³/mol. The van der Waals surface area contributed by atoms with E-state index in [0.29, 0.717) is 32.4 Å². The van der Waals surface area contributed by atoms with Gasteiger partial charge in [0.05, 0.1) is 42.7 Å². The van der Waals surface area contributed by atoms with Crippen molar-refractivity contribution in [1.29, 1.82) is 0 Å². The lowest BCUT2D eigenvalue weighted by molar-refractivity contribution is -0.159. The molecule has 65 heavy (non-hydrogen) atoms. The molecule has 1 fully saturated rings. The summed E-state index contributed by atoms with van der Waals surface area (Å²) in [6, 6.07) is 4.51. The first-order valence-electron chi connectivity index (χ1n) is 23.4. The number of esters is 1. The molecular weight excluding hydrogens is 833 g/mol. The Bertz CT molecular complexity index is 1890. The van der Waals surface area contributed by atoms with Gasteiger partial charge in [-0.05, 0) is 90.1 Å². The Labute approximate surface area is 387 Å². The highest BCUT2D eigenvalue weighted by atomic mass is 16.6. The zero-order valence-electron chi connectivity index (χ0n) is 41.6. The highest BCUT2D eigenvalue weighted by molar-refractivity contribution is 6.00. The largest absolute Gasteiger partial charge is 0.481 e. The molecule has 4 N–H and O–H groups in total. The van der Waals surface area contributed by atoms with Crippen molar-refractivity contribution in [2.45, 2.75) is 162 Å². The fraction of sp³-hybridized carbons (Fsp3) is 0.714. The summed E-state index contributed by atoms with van der Waals surface area (Å²) in [5.41, 5.74) is 0.992. The highest BCUT2D eigenvalue weighted by Gasteiger charge is 2.44. The minimum atomic E-state index is -0.984. The number of para-hydroxylation sites is 1. The summed E-state index contributed by atoms with van der Waals surface area (Å²) in [6.45, 7) is 19.6. The summed E-state index contributed by atoms with van der Waals surface area (Å²) in [4.78, 5) is 90.0. The van der Waals surface area contributed by atoms with Gasteiger partial charge in [0, 0.05) is 56.7 Å². The van der Waals surface area contributed by atoms with Crippen molar-refractivity contribution in [3.05, 3.63) is 36.0 Å². The summed E-state index contributed by atoms with van der Waals surface area (Å²) in [5, 5.41) is 15.7. The third-order valence-electron chi connectivity index (χ3n) is 12.9. The van der Waals surface area contributed by atoms with Gasteiger partial charge in [0.25, 0.3) is 0 Å². The number of methoxy groups -OCH3 is 2. The number of carboxylic acids is 1. The zero-order valence-corrected chi connectivity index (χ0v) is 41.6. The normalized spacial score (nSPS) is 18.3. The molecule has 0 spiro atoms. The predicted octanol–water partition coefficient (Wildman–Crippen LogP) is 5.42. The molecule has 16 heteroatoms. The topological polar surface area (TPSA) is 200 Å². The Morgan fingerprint density at radius 1 is 0.923 bits per heavy atom. The second kappa shape index (κ2) is 24.9. The van der Waals surface area contributed by atoms with Gasteiger partial charge in [0.1, 0.15) is 11.6 Å². The Hall–Kier alpha value is -4.38. The number of benzene rings is 1. The van der Waals surface area contributed by atoms with Crippen LogP contribution in [0.15, 0.2) is 30.5 Å². The van der Waals surface area contributed by atoms with Gasteiger partial charge in [-0.15, -0.1) is 0 Å². The fourth-order valence-electron chi connectivity index (χ4n) is 9.62. The van der Waals surface area contributed by atoms with E-state index in [0.717, 1.165) is 22.9 Å². The van der Waals surface area contributed by atoms with Gasteiger partial charge in [0.2, 0.25) is 23.6 Å². The Kier molecular flexibility index (Phi) is 21.1. The van der Waals surface area contributed by atoms with Crippen molar-refractivity contribution in [2.75, 3.05) is 41.4 Å². The van der Waals surface area contributed by atoms with Crippen molar-refractivity contribution in [2.24, 2.45) is 23.7 Å². The summed E-state index contributed by atoms with van der Waals surface area (Å²) in [5.74, 6) is -4.12. The number of fused-ring (bicyclic) bond motifs is 1. The number of carbonyl (C=O) groups excluding carboxylic acids is 5. The quantitative estimate of drug-likeness (QED) is 0.0925. The molecular formula is C49H80N6O10. The van der Waals surface area contributed by atoms with Gasteiger partial charge in [-0.3, -0.25) is 39.1 Å². The number of aromatic nitrogens is 1. The van der Waals surface area contributed by atoms with Crippen LogP contribution in [0, 0.1) is 23.7 Å². The van der Waals surface area contributed by atoms with E-state index >= 15 is 0 Å². The lowest BCUT2D eigenvalue weighted by Gasteiger charge is -2.43. The molecule has 1 saturated heterocycles. The molecule has 1 aromatic heterocycles. The molecule has 0 aliphatic carbocycles. The molecule has 2 aromatic rings. The zero-order chi connectivity index (χ0) is 48.9. The number of amides is 4. The van der Waals surface area contributed by atoms with Crippen LogP contribution in [0.4, 0.5) is 0 Å². The molecule has 0 saturated carbocycles. The molecule has 0 bridgehead atoms. The number of carbonyl (C=O) groups is 6. The van der Waals surface area contributed by atoms with Crippen molar-refractivity contribution < 1.29 is 48.1 Å². The van der Waals surface area contributed by atoms with Crippen LogP contribution in [0.2, 0.25) is 0 Å². The summed E-state index contributed by atoms with van der Waals surface area (Å²) in [6.07, 6.45) is 3.07. The molecule has 3 rings (SSSR count). The van der Waals surface area contributed by atoms with Gasteiger partial charge in [-0.2, -0.15) is 0 Å².